The average molecular weight is 553 g/mol. The van der Waals surface area contributed by atoms with E-state index in [1.807, 2.05) is 35.1 Å². The van der Waals surface area contributed by atoms with Crippen LogP contribution in [0.15, 0.2) is 79.0 Å². The number of carboxylic acids is 1. The molecule has 0 aliphatic carbocycles. The van der Waals surface area contributed by atoms with Crippen LogP contribution in [0.25, 0.3) is 28.1 Å². The maximum atomic E-state index is 11.0. The molecular formula is C34H36N2O5. The molecule has 1 N–H and O–H groups in total. The van der Waals surface area contributed by atoms with Gasteiger partial charge >= 0.3 is 5.97 Å². The Labute approximate surface area is 240 Å². The molecule has 0 bridgehead atoms. The Balaban J connectivity index is 1.57. The van der Waals surface area contributed by atoms with E-state index in [1.165, 1.54) is 5.57 Å². The first-order valence-corrected chi connectivity index (χ1v) is 14.1. The number of ether oxygens (including phenoxy) is 3. The van der Waals surface area contributed by atoms with Crippen LogP contribution in [-0.2, 0) is 14.3 Å². The normalized spacial score (nSPS) is 16.2. The largest absolute Gasteiger partial charge is 0.491 e. The molecule has 2 heterocycles. The molecule has 5 rings (SSSR count). The smallest absolute Gasteiger partial charge is 0.328 e. The zero-order chi connectivity index (χ0) is 28.6. The molecule has 0 spiro atoms. The first-order valence-electron chi connectivity index (χ1n) is 14.1. The molecule has 1 unspecified atom stereocenters. The fraction of sp³-hybridized carbons (Fsp3) is 0.294. The maximum absolute atomic E-state index is 11.0. The summed E-state index contributed by atoms with van der Waals surface area (Å²) in [6, 6.07) is 22.7. The van der Waals surface area contributed by atoms with Gasteiger partial charge in [0.25, 0.3) is 0 Å². The number of allylic oxidation sites excluding steroid dienone is 1. The van der Waals surface area contributed by atoms with Gasteiger partial charge in [-0.15, -0.1) is 0 Å². The average Bonchev–Trinajstić information content (AvgIpc) is 3.43. The zero-order valence-corrected chi connectivity index (χ0v) is 23.6. The molecule has 3 aromatic carbocycles. The molecule has 0 saturated carbocycles. The number of nitrogens with zero attached hydrogens (tertiary/aromatic N) is 2. The topological polar surface area (TPSA) is 82.8 Å². The molecule has 0 radical (unpaired) electrons. The third-order valence-corrected chi connectivity index (χ3v) is 7.34. The van der Waals surface area contributed by atoms with Crippen LogP contribution in [-0.4, -0.2) is 47.8 Å². The van der Waals surface area contributed by atoms with Gasteiger partial charge in [0.15, 0.2) is 6.23 Å². The van der Waals surface area contributed by atoms with E-state index in [-0.39, 0.29) is 6.23 Å². The number of carboxylic acid groups (broad SMARTS) is 1. The quantitative estimate of drug-likeness (QED) is 0.120. The van der Waals surface area contributed by atoms with E-state index in [2.05, 4.69) is 49.4 Å². The molecule has 0 amide bonds. The summed E-state index contributed by atoms with van der Waals surface area (Å²) in [4.78, 5) is 11.0. The standard InChI is InChI=1S/C34H36N2O5/c1-3-30(25-12-15-29(16-13-25)40-21-20-39-2)34(26-10-7-24(8-11-26)9-18-33(37)38)27-14-17-31-28(22-27)23-35-36(31)32-6-4-5-19-41-32/h7-18,22-23,32H,3-6,19-21H2,1-2H3,(H,37,38)/b18-9?,34-30+. The van der Waals surface area contributed by atoms with Crippen LogP contribution in [0.1, 0.15) is 61.1 Å². The van der Waals surface area contributed by atoms with Gasteiger partial charge in [-0.25, -0.2) is 9.48 Å². The number of aromatic nitrogens is 2. The summed E-state index contributed by atoms with van der Waals surface area (Å²) in [5.74, 6) is -0.166. The van der Waals surface area contributed by atoms with Crippen LogP contribution in [0.5, 0.6) is 5.75 Å². The highest BCUT2D eigenvalue weighted by molar-refractivity contribution is 6.00. The predicted molar refractivity (Wildman–Crippen MR) is 162 cm³/mol. The molecule has 1 fully saturated rings. The molecule has 1 aromatic heterocycles. The van der Waals surface area contributed by atoms with Crippen molar-refractivity contribution in [2.24, 2.45) is 0 Å². The summed E-state index contributed by atoms with van der Waals surface area (Å²) in [7, 11) is 1.66. The van der Waals surface area contributed by atoms with Gasteiger partial charge in [-0.05, 0) is 89.4 Å². The predicted octanol–water partition coefficient (Wildman–Crippen LogP) is 7.23. The number of hydrogen-bond donors (Lipinski definition) is 1. The fourth-order valence-corrected chi connectivity index (χ4v) is 5.32. The highest BCUT2D eigenvalue weighted by Gasteiger charge is 2.20. The minimum absolute atomic E-state index is 0.0238. The van der Waals surface area contributed by atoms with Gasteiger partial charge in [-0.3, -0.25) is 0 Å². The summed E-state index contributed by atoms with van der Waals surface area (Å²) in [6.45, 7) is 3.97. The van der Waals surface area contributed by atoms with Crippen molar-refractivity contribution in [1.82, 2.24) is 9.78 Å². The van der Waals surface area contributed by atoms with E-state index in [0.29, 0.717) is 13.2 Å². The maximum Gasteiger partial charge on any atom is 0.328 e. The highest BCUT2D eigenvalue weighted by atomic mass is 16.5. The van der Waals surface area contributed by atoms with Gasteiger partial charge in [-0.1, -0.05) is 49.4 Å². The summed E-state index contributed by atoms with van der Waals surface area (Å²) >= 11 is 0. The molecule has 1 atom stereocenters. The molecule has 4 aromatic rings. The van der Waals surface area contributed by atoms with Crippen LogP contribution in [0.4, 0.5) is 0 Å². The minimum Gasteiger partial charge on any atom is -0.491 e. The molecule has 1 aliphatic rings. The van der Waals surface area contributed by atoms with Crippen LogP contribution in [0.2, 0.25) is 0 Å². The number of methoxy groups -OCH3 is 1. The number of hydrogen-bond acceptors (Lipinski definition) is 5. The zero-order valence-electron chi connectivity index (χ0n) is 23.6. The lowest BCUT2D eigenvalue weighted by Crippen LogP contribution is -2.18. The lowest BCUT2D eigenvalue weighted by molar-refractivity contribution is -0.131. The molecule has 1 aliphatic heterocycles. The second kappa shape index (κ2) is 13.4. The van der Waals surface area contributed by atoms with Gasteiger partial charge in [0.2, 0.25) is 0 Å². The molecule has 212 valence electrons. The monoisotopic (exact) mass is 552 g/mol. The van der Waals surface area contributed by atoms with Crippen molar-refractivity contribution < 1.29 is 24.1 Å². The van der Waals surface area contributed by atoms with Crippen LogP contribution in [0, 0.1) is 0 Å². The van der Waals surface area contributed by atoms with Crippen molar-refractivity contribution in [2.75, 3.05) is 26.9 Å². The minimum atomic E-state index is -0.968. The number of benzene rings is 3. The number of fused-ring (bicyclic) bond motifs is 1. The fourth-order valence-electron chi connectivity index (χ4n) is 5.32. The van der Waals surface area contributed by atoms with E-state index in [0.717, 1.165) is 82.8 Å². The lowest BCUT2D eigenvalue weighted by Gasteiger charge is -2.23. The van der Waals surface area contributed by atoms with Crippen molar-refractivity contribution in [3.8, 4) is 5.75 Å². The van der Waals surface area contributed by atoms with Crippen molar-refractivity contribution in [2.45, 2.75) is 38.8 Å². The third-order valence-electron chi connectivity index (χ3n) is 7.34. The van der Waals surface area contributed by atoms with Crippen LogP contribution >= 0.6 is 0 Å². The Bertz CT molecular complexity index is 1530. The van der Waals surface area contributed by atoms with E-state index in [4.69, 9.17) is 24.4 Å². The summed E-state index contributed by atoms with van der Waals surface area (Å²) in [5, 5.41) is 14.8. The molecule has 1 saturated heterocycles. The molecule has 41 heavy (non-hydrogen) atoms. The van der Waals surface area contributed by atoms with Gasteiger partial charge in [0, 0.05) is 25.2 Å². The Hall–Kier alpha value is -4.20. The van der Waals surface area contributed by atoms with Crippen molar-refractivity contribution >= 4 is 34.1 Å². The first kappa shape index (κ1) is 28.3. The second-order valence-corrected chi connectivity index (χ2v) is 10.1. The Morgan fingerprint density at radius 3 is 2.46 bits per heavy atom. The van der Waals surface area contributed by atoms with E-state index in [9.17, 15) is 4.79 Å². The summed E-state index contributed by atoms with van der Waals surface area (Å²) in [6.07, 6.45) is 8.68. The first-order chi connectivity index (χ1) is 20.1. The number of rotatable bonds is 11. The Morgan fingerprint density at radius 2 is 1.78 bits per heavy atom. The second-order valence-electron chi connectivity index (χ2n) is 10.1. The van der Waals surface area contributed by atoms with Gasteiger partial charge in [0.05, 0.1) is 18.3 Å². The van der Waals surface area contributed by atoms with Crippen molar-refractivity contribution in [3.05, 3.63) is 101 Å². The van der Waals surface area contributed by atoms with Gasteiger partial charge < -0.3 is 19.3 Å². The van der Waals surface area contributed by atoms with E-state index in [1.54, 1.807) is 13.2 Å². The van der Waals surface area contributed by atoms with Crippen LogP contribution in [0.3, 0.4) is 0 Å². The van der Waals surface area contributed by atoms with E-state index < -0.39 is 5.97 Å². The van der Waals surface area contributed by atoms with Crippen LogP contribution < -0.4 is 4.74 Å². The lowest BCUT2D eigenvalue weighted by atomic mass is 9.87. The summed E-state index contributed by atoms with van der Waals surface area (Å²) < 4.78 is 18.9. The summed E-state index contributed by atoms with van der Waals surface area (Å²) in [5.41, 5.74) is 7.47. The number of carbonyl (C=O) groups is 1. The molecule has 7 heteroatoms. The van der Waals surface area contributed by atoms with Gasteiger partial charge in [0.1, 0.15) is 12.4 Å². The number of aliphatic carboxylic acids is 1. The molecule has 7 nitrogen and oxygen atoms in total. The van der Waals surface area contributed by atoms with E-state index >= 15 is 0 Å². The highest BCUT2D eigenvalue weighted by Crippen LogP contribution is 2.37. The SMILES string of the molecule is CC/C(=C(/c1ccc(C=CC(=O)O)cc1)c1ccc2c(cnn2C2CCCCO2)c1)c1ccc(OCCOC)cc1. The van der Waals surface area contributed by atoms with Crippen molar-refractivity contribution in [1.29, 1.82) is 0 Å². The van der Waals surface area contributed by atoms with Gasteiger partial charge in [-0.2, -0.15) is 5.10 Å². The molecular weight excluding hydrogens is 516 g/mol. The van der Waals surface area contributed by atoms with Crippen molar-refractivity contribution in [3.63, 3.8) is 0 Å². The Morgan fingerprint density at radius 1 is 1.02 bits per heavy atom. The Kier molecular flexibility index (Phi) is 9.29. The third kappa shape index (κ3) is 6.76.